The van der Waals surface area contributed by atoms with Gasteiger partial charge in [-0.1, -0.05) is 52.3 Å². The molecule has 0 unspecified atom stereocenters. The molecular weight excluding hydrogens is 336 g/mol. The maximum atomic E-state index is 6.13. The second-order valence-electron chi connectivity index (χ2n) is 5.57. The predicted molar refractivity (Wildman–Crippen MR) is 96.4 cm³/mol. The van der Waals surface area contributed by atoms with Gasteiger partial charge in [-0.3, -0.25) is 0 Å². The van der Waals surface area contributed by atoms with Crippen LogP contribution in [-0.2, 0) is 0 Å². The minimum absolute atomic E-state index is 0.944. The van der Waals surface area contributed by atoms with Crippen molar-refractivity contribution in [2.24, 2.45) is 0 Å². The smallest absolute Gasteiger partial charge is 0.143 e. The molecule has 0 fully saturated rings. The zero-order chi connectivity index (χ0) is 14.7. The lowest BCUT2D eigenvalue weighted by molar-refractivity contribution is 0.672. The Kier molecular flexibility index (Phi) is 2.42. The Hall–Kier alpha value is -2.32. The molecule has 1 heterocycles. The molecule has 0 spiro atoms. The summed E-state index contributed by atoms with van der Waals surface area (Å²) < 4.78 is 7.23. The molecule has 0 saturated heterocycles. The zero-order valence-corrected chi connectivity index (χ0v) is 13.2. The number of halogens is 1. The van der Waals surface area contributed by atoms with Crippen LogP contribution in [0.2, 0.25) is 0 Å². The number of para-hydroxylation sites is 1. The standard InChI is InChI=1S/C20H11BrO/c21-13-7-5-12-6-8-16-14(18(12)11-13)9-10-17-15-3-1-2-4-19(15)22-20(16)17/h1-11H. The van der Waals surface area contributed by atoms with Crippen LogP contribution >= 0.6 is 15.9 Å². The topological polar surface area (TPSA) is 13.1 Å². The fraction of sp³-hybridized carbons (Fsp3) is 0. The Morgan fingerprint density at radius 3 is 2.32 bits per heavy atom. The number of hydrogen-bond donors (Lipinski definition) is 0. The molecule has 0 atom stereocenters. The van der Waals surface area contributed by atoms with E-state index in [4.69, 9.17) is 4.42 Å². The van der Waals surface area contributed by atoms with Crippen molar-refractivity contribution < 1.29 is 4.42 Å². The maximum absolute atomic E-state index is 6.13. The van der Waals surface area contributed by atoms with E-state index in [0.717, 1.165) is 15.6 Å². The van der Waals surface area contributed by atoms with E-state index in [9.17, 15) is 0 Å². The van der Waals surface area contributed by atoms with Crippen molar-refractivity contribution in [2.75, 3.05) is 0 Å². The molecule has 5 aromatic rings. The van der Waals surface area contributed by atoms with Crippen molar-refractivity contribution in [3.8, 4) is 0 Å². The maximum Gasteiger partial charge on any atom is 0.143 e. The summed E-state index contributed by atoms with van der Waals surface area (Å²) in [4.78, 5) is 0. The molecule has 4 aromatic carbocycles. The number of hydrogen-bond acceptors (Lipinski definition) is 1. The van der Waals surface area contributed by atoms with E-state index in [1.165, 1.54) is 32.3 Å². The molecule has 22 heavy (non-hydrogen) atoms. The first kappa shape index (κ1) is 12.2. The van der Waals surface area contributed by atoms with Crippen molar-refractivity contribution in [2.45, 2.75) is 0 Å². The van der Waals surface area contributed by atoms with Gasteiger partial charge in [0.15, 0.2) is 0 Å². The highest BCUT2D eigenvalue weighted by atomic mass is 79.9. The van der Waals surface area contributed by atoms with Crippen LogP contribution in [0.4, 0.5) is 0 Å². The summed E-state index contributed by atoms with van der Waals surface area (Å²) in [5.41, 5.74) is 1.92. The SMILES string of the molecule is Brc1ccc2ccc3c(ccc4c5ccccc5oc43)c2c1. The highest BCUT2D eigenvalue weighted by molar-refractivity contribution is 9.10. The molecule has 0 N–H and O–H groups in total. The van der Waals surface area contributed by atoms with E-state index < -0.39 is 0 Å². The van der Waals surface area contributed by atoms with Gasteiger partial charge in [-0.05, 0) is 46.5 Å². The van der Waals surface area contributed by atoms with Crippen LogP contribution < -0.4 is 0 Å². The first-order valence-electron chi connectivity index (χ1n) is 7.23. The van der Waals surface area contributed by atoms with E-state index in [1.54, 1.807) is 0 Å². The lowest BCUT2D eigenvalue weighted by atomic mass is 10.00. The van der Waals surface area contributed by atoms with Crippen LogP contribution in [0.15, 0.2) is 75.6 Å². The number of benzene rings is 4. The highest BCUT2D eigenvalue weighted by Gasteiger charge is 2.11. The molecule has 1 aromatic heterocycles. The van der Waals surface area contributed by atoms with Gasteiger partial charge >= 0.3 is 0 Å². The van der Waals surface area contributed by atoms with Gasteiger partial charge in [-0.15, -0.1) is 0 Å². The molecule has 0 aliphatic rings. The molecule has 2 heteroatoms. The largest absolute Gasteiger partial charge is 0.455 e. The lowest BCUT2D eigenvalue weighted by Gasteiger charge is -2.05. The molecule has 0 radical (unpaired) electrons. The van der Waals surface area contributed by atoms with Crippen LogP contribution in [0.3, 0.4) is 0 Å². The normalized spacial score (nSPS) is 11.9. The summed E-state index contributed by atoms with van der Waals surface area (Å²) in [6.45, 7) is 0. The quantitative estimate of drug-likeness (QED) is 0.286. The Morgan fingerprint density at radius 2 is 1.36 bits per heavy atom. The Bertz CT molecular complexity index is 1180. The first-order valence-corrected chi connectivity index (χ1v) is 8.03. The fourth-order valence-electron chi connectivity index (χ4n) is 3.29. The molecular formula is C20H11BrO. The number of rotatable bonds is 0. The van der Waals surface area contributed by atoms with E-state index in [-0.39, 0.29) is 0 Å². The minimum Gasteiger partial charge on any atom is -0.455 e. The molecule has 0 aliphatic heterocycles. The number of fused-ring (bicyclic) bond motifs is 7. The van der Waals surface area contributed by atoms with E-state index in [0.29, 0.717) is 0 Å². The van der Waals surface area contributed by atoms with E-state index in [2.05, 4.69) is 70.5 Å². The third-order valence-corrected chi connectivity index (χ3v) is 4.81. The predicted octanol–water partition coefficient (Wildman–Crippen LogP) is 6.65. The highest BCUT2D eigenvalue weighted by Crippen LogP contribution is 2.37. The Morgan fingerprint density at radius 1 is 0.636 bits per heavy atom. The van der Waals surface area contributed by atoms with Crippen LogP contribution in [0.1, 0.15) is 0 Å². The Balaban J connectivity index is 2.04. The minimum atomic E-state index is 0.944. The van der Waals surface area contributed by atoms with Gasteiger partial charge in [-0.2, -0.15) is 0 Å². The summed E-state index contributed by atoms with van der Waals surface area (Å²) in [6.07, 6.45) is 0. The lowest BCUT2D eigenvalue weighted by Crippen LogP contribution is -1.79. The van der Waals surface area contributed by atoms with Crippen LogP contribution in [0.5, 0.6) is 0 Å². The van der Waals surface area contributed by atoms with Crippen LogP contribution in [-0.4, -0.2) is 0 Å². The van der Waals surface area contributed by atoms with Gasteiger partial charge in [0.25, 0.3) is 0 Å². The van der Waals surface area contributed by atoms with Crippen LogP contribution in [0, 0.1) is 0 Å². The van der Waals surface area contributed by atoms with Gasteiger partial charge in [-0.25, -0.2) is 0 Å². The zero-order valence-electron chi connectivity index (χ0n) is 11.6. The second kappa shape index (κ2) is 4.34. The van der Waals surface area contributed by atoms with Gasteiger partial charge in [0.2, 0.25) is 0 Å². The van der Waals surface area contributed by atoms with Crippen LogP contribution in [0.25, 0.3) is 43.5 Å². The van der Waals surface area contributed by atoms with Gasteiger partial charge < -0.3 is 4.42 Å². The van der Waals surface area contributed by atoms with Crippen molar-refractivity contribution in [3.63, 3.8) is 0 Å². The summed E-state index contributed by atoms with van der Waals surface area (Å²) in [5.74, 6) is 0. The molecule has 0 aliphatic carbocycles. The van der Waals surface area contributed by atoms with Crippen molar-refractivity contribution in [1.29, 1.82) is 0 Å². The average molecular weight is 347 g/mol. The Labute approximate surface area is 135 Å². The summed E-state index contributed by atoms with van der Waals surface area (Å²) in [7, 11) is 0. The van der Waals surface area contributed by atoms with E-state index in [1.807, 2.05) is 12.1 Å². The third kappa shape index (κ3) is 1.59. The summed E-state index contributed by atoms with van der Waals surface area (Å²) >= 11 is 3.57. The monoisotopic (exact) mass is 346 g/mol. The number of furan rings is 1. The molecule has 0 bridgehead atoms. The molecule has 1 nitrogen and oxygen atoms in total. The third-order valence-electron chi connectivity index (χ3n) is 4.32. The van der Waals surface area contributed by atoms with E-state index >= 15 is 0 Å². The van der Waals surface area contributed by atoms with Crippen molar-refractivity contribution in [3.05, 3.63) is 71.2 Å². The van der Waals surface area contributed by atoms with Crippen molar-refractivity contribution in [1.82, 2.24) is 0 Å². The van der Waals surface area contributed by atoms with Gasteiger partial charge in [0.1, 0.15) is 11.2 Å². The van der Waals surface area contributed by atoms with Gasteiger partial charge in [0.05, 0.1) is 0 Å². The molecule has 5 rings (SSSR count). The van der Waals surface area contributed by atoms with Crippen molar-refractivity contribution >= 4 is 59.4 Å². The molecule has 0 saturated carbocycles. The second-order valence-corrected chi connectivity index (χ2v) is 6.48. The summed E-state index contributed by atoms with van der Waals surface area (Å²) in [6, 6.07) is 23.3. The molecule has 0 amide bonds. The fourth-order valence-corrected chi connectivity index (χ4v) is 3.65. The van der Waals surface area contributed by atoms with Gasteiger partial charge in [0, 0.05) is 20.6 Å². The average Bonchev–Trinajstić information content (AvgIpc) is 2.93. The molecule has 104 valence electrons. The first-order chi connectivity index (χ1) is 10.8. The summed E-state index contributed by atoms with van der Waals surface area (Å²) in [5, 5.41) is 7.23.